The molecule has 2 saturated heterocycles. The Bertz CT molecular complexity index is 545. The van der Waals surface area contributed by atoms with E-state index in [1.807, 2.05) is 24.3 Å². The van der Waals surface area contributed by atoms with Crippen LogP contribution in [0, 0.1) is 5.92 Å². The fraction of sp³-hybridized carbons (Fsp3) is 0.562. The Balaban J connectivity index is 1.50. The van der Waals surface area contributed by atoms with Crippen LogP contribution in [0.5, 0.6) is 0 Å². The lowest BCUT2D eigenvalue weighted by Gasteiger charge is -2.24. The van der Waals surface area contributed by atoms with Crippen LogP contribution in [0.2, 0.25) is 0 Å². The van der Waals surface area contributed by atoms with Gasteiger partial charge in [-0.05, 0) is 30.4 Å². The van der Waals surface area contributed by atoms with E-state index in [0.29, 0.717) is 18.5 Å². The van der Waals surface area contributed by atoms with Crippen molar-refractivity contribution in [1.82, 2.24) is 10.6 Å². The van der Waals surface area contributed by atoms with E-state index in [2.05, 4.69) is 10.6 Å². The number of rotatable bonds is 2. The molecule has 0 aromatic heterocycles. The topological polar surface area (TPSA) is 61.4 Å². The zero-order chi connectivity index (χ0) is 13.7. The zero-order valence-electron chi connectivity index (χ0n) is 11.4. The lowest BCUT2D eigenvalue weighted by molar-refractivity contribution is -0.127. The molecular formula is C16H20N2O2. The number of fused-ring (bicyclic) bond motifs is 3. The average molecular weight is 272 g/mol. The van der Waals surface area contributed by atoms with Gasteiger partial charge in [0.05, 0.1) is 18.1 Å². The number of amides is 1. The lowest BCUT2D eigenvalue weighted by atomic mass is 9.88. The molecule has 5 atom stereocenters. The van der Waals surface area contributed by atoms with Gasteiger partial charge in [0.2, 0.25) is 5.91 Å². The first-order valence-corrected chi connectivity index (χ1v) is 7.54. The highest BCUT2D eigenvalue weighted by Crippen LogP contribution is 2.35. The van der Waals surface area contributed by atoms with E-state index in [4.69, 9.17) is 0 Å². The van der Waals surface area contributed by atoms with Crippen molar-refractivity contribution in [3.63, 3.8) is 0 Å². The summed E-state index contributed by atoms with van der Waals surface area (Å²) in [5.41, 5.74) is 2.22. The standard InChI is InChI=1S/C16H20N2O2/c19-14-7-9-3-1-2-4-11(9)15(14)18-16(20)12-8-10-5-6-13(12)17-10/h1-4,10,12-15,17,19H,5-8H2,(H,18,20)/t10?,12?,13?,14-,15+/m1/s1. The second kappa shape index (κ2) is 4.57. The van der Waals surface area contributed by atoms with Crippen molar-refractivity contribution in [2.75, 3.05) is 0 Å². The molecule has 20 heavy (non-hydrogen) atoms. The predicted octanol–water partition coefficient (Wildman–Crippen LogP) is 0.901. The monoisotopic (exact) mass is 272 g/mol. The first kappa shape index (κ1) is 12.4. The fourth-order valence-electron chi connectivity index (χ4n) is 4.12. The second-order valence-electron chi connectivity index (χ2n) is 6.35. The maximum Gasteiger partial charge on any atom is 0.225 e. The third-order valence-corrected chi connectivity index (χ3v) is 5.14. The quantitative estimate of drug-likeness (QED) is 0.749. The smallest absolute Gasteiger partial charge is 0.225 e. The minimum Gasteiger partial charge on any atom is -0.390 e. The highest BCUT2D eigenvalue weighted by atomic mass is 16.3. The van der Waals surface area contributed by atoms with E-state index in [1.165, 1.54) is 6.42 Å². The summed E-state index contributed by atoms with van der Waals surface area (Å²) >= 11 is 0. The Morgan fingerprint density at radius 3 is 2.90 bits per heavy atom. The van der Waals surface area contributed by atoms with Gasteiger partial charge in [0.15, 0.2) is 0 Å². The summed E-state index contributed by atoms with van der Waals surface area (Å²) in [4.78, 5) is 12.5. The summed E-state index contributed by atoms with van der Waals surface area (Å²) in [5.74, 6) is 0.180. The Morgan fingerprint density at radius 1 is 1.30 bits per heavy atom. The summed E-state index contributed by atoms with van der Waals surface area (Å²) in [5, 5.41) is 16.8. The number of nitrogens with one attached hydrogen (secondary N) is 2. The summed E-state index contributed by atoms with van der Waals surface area (Å²) in [7, 11) is 0. The van der Waals surface area contributed by atoms with Crippen LogP contribution in [0.1, 0.15) is 36.4 Å². The number of aliphatic hydroxyl groups excluding tert-OH is 1. The molecule has 2 heterocycles. The van der Waals surface area contributed by atoms with Crippen LogP contribution in [0.4, 0.5) is 0 Å². The highest BCUT2D eigenvalue weighted by molar-refractivity contribution is 5.80. The van der Waals surface area contributed by atoms with Crippen LogP contribution < -0.4 is 10.6 Å². The van der Waals surface area contributed by atoms with Crippen LogP contribution in [0.15, 0.2) is 24.3 Å². The Hall–Kier alpha value is -1.39. The minimum atomic E-state index is -0.497. The van der Waals surface area contributed by atoms with Gasteiger partial charge >= 0.3 is 0 Å². The van der Waals surface area contributed by atoms with Gasteiger partial charge in [-0.1, -0.05) is 24.3 Å². The Kier molecular flexibility index (Phi) is 2.82. The number of hydrogen-bond donors (Lipinski definition) is 3. The molecule has 0 spiro atoms. The molecule has 4 nitrogen and oxygen atoms in total. The molecule has 1 aromatic carbocycles. The third kappa shape index (κ3) is 1.86. The van der Waals surface area contributed by atoms with Gasteiger partial charge in [0.25, 0.3) is 0 Å². The minimum absolute atomic E-state index is 0.0775. The summed E-state index contributed by atoms with van der Waals surface area (Å²) in [6.45, 7) is 0. The average Bonchev–Trinajstić information content (AvgIpc) is 3.14. The molecule has 3 N–H and O–H groups in total. The van der Waals surface area contributed by atoms with E-state index in [1.54, 1.807) is 0 Å². The molecular weight excluding hydrogens is 252 g/mol. The van der Waals surface area contributed by atoms with Crippen molar-refractivity contribution in [1.29, 1.82) is 0 Å². The first-order valence-electron chi connectivity index (χ1n) is 7.54. The van der Waals surface area contributed by atoms with E-state index in [-0.39, 0.29) is 17.9 Å². The maximum absolute atomic E-state index is 12.5. The molecule has 4 heteroatoms. The number of aliphatic hydroxyl groups is 1. The highest BCUT2D eigenvalue weighted by Gasteiger charge is 2.44. The van der Waals surface area contributed by atoms with E-state index >= 15 is 0 Å². The lowest BCUT2D eigenvalue weighted by Crippen LogP contribution is -2.41. The zero-order valence-corrected chi connectivity index (χ0v) is 11.4. The van der Waals surface area contributed by atoms with Gasteiger partial charge in [-0.3, -0.25) is 4.79 Å². The predicted molar refractivity (Wildman–Crippen MR) is 75.1 cm³/mol. The molecule has 2 bridgehead atoms. The van der Waals surface area contributed by atoms with Crippen molar-refractivity contribution < 1.29 is 9.90 Å². The fourth-order valence-corrected chi connectivity index (χ4v) is 4.12. The number of benzene rings is 1. The molecule has 106 valence electrons. The van der Waals surface area contributed by atoms with Crippen LogP contribution >= 0.6 is 0 Å². The molecule has 1 aliphatic carbocycles. The molecule has 3 aliphatic rings. The number of carbonyl (C=O) groups excluding carboxylic acids is 1. The molecule has 0 saturated carbocycles. The van der Waals surface area contributed by atoms with Crippen molar-refractivity contribution >= 4 is 5.91 Å². The summed E-state index contributed by atoms with van der Waals surface area (Å²) < 4.78 is 0. The largest absolute Gasteiger partial charge is 0.390 e. The molecule has 3 unspecified atom stereocenters. The Labute approximate surface area is 118 Å². The van der Waals surface area contributed by atoms with Gasteiger partial charge in [0, 0.05) is 18.5 Å². The van der Waals surface area contributed by atoms with Crippen LogP contribution in [-0.4, -0.2) is 29.2 Å². The number of carbonyl (C=O) groups is 1. The van der Waals surface area contributed by atoms with E-state index in [0.717, 1.165) is 24.0 Å². The molecule has 0 radical (unpaired) electrons. The molecule has 1 amide bonds. The van der Waals surface area contributed by atoms with Gasteiger partial charge in [0.1, 0.15) is 0 Å². The van der Waals surface area contributed by atoms with Crippen molar-refractivity contribution in [2.24, 2.45) is 5.92 Å². The van der Waals surface area contributed by atoms with Crippen molar-refractivity contribution in [3.05, 3.63) is 35.4 Å². The molecule has 4 rings (SSSR count). The maximum atomic E-state index is 12.5. The van der Waals surface area contributed by atoms with Crippen LogP contribution in [0.3, 0.4) is 0 Å². The van der Waals surface area contributed by atoms with E-state index in [9.17, 15) is 9.90 Å². The van der Waals surface area contributed by atoms with Crippen molar-refractivity contribution in [2.45, 2.75) is 49.9 Å². The van der Waals surface area contributed by atoms with Gasteiger partial charge in [-0.2, -0.15) is 0 Å². The Morgan fingerprint density at radius 2 is 2.15 bits per heavy atom. The molecule has 2 aliphatic heterocycles. The van der Waals surface area contributed by atoms with E-state index < -0.39 is 6.10 Å². The molecule has 1 aromatic rings. The van der Waals surface area contributed by atoms with Crippen LogP contribution in [-0.2, 0) is 11.2 Å². The SMILES string of the molecule is O=C(N[C@H]1c2ccccc2C[C@H]1O)C1CC2CCC1N2. The third-order valence-electron chi connectivity index (χ3n) is 5.14. The summed E-state index contributed by atoms with van der Waals surface area (Å²) in [6.07, 6.45) is 3.38. The van der Waals surface area contributed by atoms with Crippen molar-refractivity contribution in [3.8, 4) is 0 Å². The van der Waals surface area contributed by atoms with Gasteiger partial charge in [-0.15, -0.1) is 0 Å². The summed E-state index contributed by atoms with van der Waals surface area (Å²) in [6, 6.07) is 8.62. The van der Waals surface area contributed by atoms with Gasteiger partial charge < -0.3 is 15.7 Å². The van der Waals surface area contributed by atoms with Crippen LogP contribution in [0.25, 0.3) is 0 Å². The van der Waals surface area contributed by atoms with Gasteiger partial charge in [-0.25, -0.2) is 0 Å². The number of hydrogen-bond acceptors (Lipinski definition) is 3. The second-order valence-corrected chi connectivity index (χ2v) is 6.35. The normalized spacial score (nSPS) is 38.0. The first-order chi connectivity index (χ1) is 9.72. The molecule has 2 fully saturated rings.